The summed E-state index contributed by atoms with van der Waals surface area (Å²) in [6.45, 7) is 8.14. The van der Waals surface area contributed by atoms with Gasteiger partial charge in [-0.1, -0.05) is 0 Å². The average molecular weight is 300 g/mol. The van der Waals surface area contributed by atoms with Crippen LogP contribution in [0.4, 0.5) is 0 Å². The standard InChI is InChI=1S/C17H24N4O/c1-10-8-15(13(4)21(10)14-6-7-14)17(22)19-11(2)16-9-18-20(5)12(16)3/h8-9,11,14H,6-7H2,1-5H3,(H,19,22)/t11-/m0/s1. The molecule has 0 bridgehead atoms. The van der Waals surface area contributed by atoms with Crippen molar-refractivity contribution in [2.75, 3.05) is 0 Å². The lowest BCUT2D eigenvalue weighted by Crippen LogP contribution is -2.27. The molecule has 1 fully saturated rings. The Morgan fingerprint density at radius 3 is 2.55 bits per heavy atom. The van der Waals surface area contributed by atoms with Gasteiger partial charge < -0.3 is 9.88 Å². The van der Waals surface area contributed by atoms with Gasteiger partial charge in [0.1, 0.15) is 0 Å². The SMILES string of the molecule is Cc1c([C@H](C)NC(=O)c2cc(C)n(C3CC3)c2C)cnn1C. The van der Waals surface area contributed by atoms with E-state index in [4.69, 9.17) is 0 Å². The van der Waals surface area contributed by atoms with E-state index >= 15 is 0 Å². The molecule has 0 saturated heterocycles. The molecule has 2 aromatic heterocycles. The van der Waals surface area contributed by atoms with Gasteiger partial charge in [-0.3, -0.25) is 9.48 Å². The second-order valence-electron chi connectivity index (χ2n) is 6.39. The van der Waals surface area contributed by atoms with Gasteiger partial charge in [-0.25, -0.2) is 0 Å². The Labute approximate surface area is 131 Å². The predicted octanol–water partition coefficient (Wildman–Crippen LogP) is 2.97. The van der Waals surface area contributed by atoms with Crippen LogP contribution < -0.4 is 5.32 Å². The first kappa shape index (κ1) is 14.9. The Kier molecular flexibility index (Phi) is 3.59. The normalized spacial score (nSPS) is 15.9. The van der Waals surface area contributed by atoms with Crippen LogP contribution >= 0.6 is 0 Å². The molecule has 22 heavy (non-hydrogen) atoms. The Morgan fingerprint density at radius 1 is 1.32 bits per heavy atom. The van der Waals surface area contributed by atoms with Crippen LogP contribution in [0, 0.1) is 20.8 Å². The van der Waals surface area contributed by atoms with Crippen LogP contribution in [-0.2, 0) is 7.05 Å². The Balaban J connectivity index is 1.80. The molecule has 1 aliphatic rings. The zero-order valence-electron chi connectivity index (χ0n) is 14.0. The van der Waals surface area contributed by atoms with Gasteiger partial charge in [-0.2, -0.15) is 5.10 Å². The van der Waals surface area contributed by atoms with Crippen molar-refractivity contribution in [2.45, 2.75) is 52.6 Å². The molecule has 1 aliphatic carbocycles. The minimum atomic E-state index is -0.0508. The lowest BCUT2D eigenvalue weighted by atomic mass is 10.1. The first-order chi connectivity index (χ1) is 10.4. The van der Waals surface area contributed by atoms with E-state index < -0.39 is 0 Å². The molecule has 2 aromatic rings. The summed E-state index contributed by atoms with van der Waals surface area (Å²) in [5.74, 6) is -0.00393. The maximum absolute atomic E-state index is 12.6. The minimum absolute atomic E-state index is 0.00393. The summed E-state index contributed by atoms with van der Waals surface area (Å²) in [5, 5.41) is 7.35. The van der Waals surface area contributed by atoms with E-state index in [-0.39, 0.29) is 11.9 Å². The van der Waals surface area contributed by atoms with E-state index in [1.54, 1.807) is 0 Å². The fraction of sp³-hybridized carbons (Fsp3) is 0.529. The second-order valence-corrected chi connectivity index (χ2v) is 6.39. The number of aryl methyl sites for hydroxylation is 2. The van der Waals surface area contributed by atoms with Gasteiger partial charge in [0.25, 0.3) is 5.91 Å². The summed E-state index contributed by atoms with van der Waals surface area (Å²) in [5.41, 5.74) is 5.18. The van der Waals surface area contributed by atoms with E-state index in [9.17, 15) is 4.79 Å². The number of rotatable bonds is 4. The van der Waals surface area contributed by atoms with Gasteiger partial charge in [0.05, 0.1) is 17.8 Å². The van der Waals surface area contributed by atoms with Crippen molar-refractivity contribution in [1.82, 2.24) is 19.7 Å². The van der Waals surface area contributed by atoms with Crippen LogP contribution in [0.3, 0.4) is 0 Å². The van der Waals surface area contributed by atoms with Gasteiger partial charge in [-0.05, 0) is 46.6 Å². The van der Waals surface area contributed by atoms with Gasteiger partial charge in [0.15, 0.2) is 0 Å². The Morgan fingerprint density at radius 2 is 2.00 bits per heavy atom. The highest BCUT2D eigenvalue weighted by Gasteiger charge is 2.28. The van der Waals surface area contributed by atoms with E-state index in [1.165, 1.54) is 18.5 Å². The number of amides is 1. The third-order valence-electron chi connectivity index (χ3n) is 4.73. The fourth-order valence-corrected chi connectivity index (χ4v) is 3.19. The highest BCUT2D eigenvalue weighted by Crippen LogP contribution is 2.38. The second kappa shape index (κ2) is 5.30. The van der Waals surface area contributed by atoms with Crippen LogP contribution in [-0.4, -0.2) is 20.3 Å². The summed E-state index contributed by atoms with van der Waals surface area (Å²) in [4.78, 5) is 12.6. The first-order valence-corrected chi connectivity index (χ1v) is 7.88. The summed E-state index contributed by atoms with van der Waals surface area (Å²) >= 11 is 0. The molecule has 1 amide bonds. The van der Waals surface area contributed by atoms with Gasteiger partial charge in [-0.15, -0.1) is 0 Å². The van der Waals surface area contributed by atoms with E-state index in [2.05, 4.69) is 21.9 Å². The maximum atomic E-state index is 12.6. The van der Waals surface area contributed by atoms with Crippen molar-refractivity contribution in [3.8, 4) is 0 Å². The van der Waals surface area contributed by atoms with Crippen molar-refractivity contribution in [3.63, 3.8) is 0 Å². The molecule has 3 rings (SSSR count). The van der Waals surface area contributed by atoms with Crippen molar-refractivity contribution in [1.29, 1.82) is 0 Å². The molecule has 1 N–H and O–H groups in total. The number of nitrogens with one attached hydrogen (secondary N) is 1. The molecule has 1 atom stereocenters. The quantitative estimate of drug-likeness (QED) is 0.943. The molecule has 0 spiro atoms. The van der Waals surface area contributed by atoms with E-state index in [0.717, 1.165) is 22.5 Å². The van der Waals surface area contributed by atoms with Crippen molar-refractivity contribution in [3.05, 3.63) is 40.5 Å². The predicted molar refractivity (Wildman–Crippen MR) is 86.0 cm³/mol. The largest absolute Gasteiger partial charge is 0.345 e. The summed E-state index contributed by atoms with van der Waals surface area (Å²) in [6, 6.07) is 2.55. The average Bonchev–Trinajstić information content (AvgIpc) is 3.17. The molecular weight excluding hydrogens is 276 g/mol. The summed E-state index contributed by atoms with van der Waals surface area (Å²) in [7, 11) is 1.91. The Bertz CT molecular complexity index is 721. The first-order valence-electron chi connectivity index (χ1n) is 7.88. The lowest BCUT2D eigenvalue weighted by Gasteiger charge is -2.14. The number of hydrogen-bond donors (Lipinski definition) is 1. The topological polar surface area (TPSA) is 51.9 Å². The van der Waals surface area contributed by atoms with Gasteiger partial charge in [0, 0.05) is 35.7 Å². The monoisotopic (exact) mass is 300 g/mol. The van der Waals surface area contributed by atoms with Gasteiger partial charge in [0.2, 0.25) is 0 Å². The highest BCUT2D eigenvalue weighted by atomic mass is 16.1. The van der Waals surface area contributed by atoms with Crippen molar-refractivity contribution in [2.24, 2.45) is 7.05 Å². The molecule has 0 unspecified atom stereocenters. The van der Waals surface area contributed by atoms with Crippen LogP contribution in [0.5, 0.6) is 0 Å². The van der Waals surface area contributed by atoms with Crippen LogP contribution in [0.25, 0.3) is 0 Å². The number of carbonyl (C=O) groups is 1. The highest BCUT2D eigenvalue weighted by molar-refractivity contribution is 5.96. The number of aromatic nitrogens is 3. The molecular formula is C17H24N4O. The summed E-state index contributed by atoms with van der Waals surface area (Å²) < 4.78 is 4.13. The third kappa shape index (κ3) is 2.45. The number of nitrogens with zero attached hydrogens (tertiary/aromatic N) is 3. The number of hydrogen-bond acceptors (Lipinski definition) is 2. The summed E-state index contributed by atoms with van der Waals surface area (Å²) in [6.07, 6.45) is 4.28. The van der Waals surface area contributed by atoms with Crippen LogP contribution in [0.15, 0.2) is 12.3 Å². The maximum Gasteiger partial charge on any atom is 0.253 e. The Hall–Kier alpha value is -2.04. The zero-order valence-corrected chi connectivity index (χ0v) is 14.0. The third-order valence-corrected chi connectivity index (χ3v) is 4.73. The van der Waals surface area contributed by atoms with Crippen LogP contribution in [0.2, 0.25) is 0 Å². The molecule has 118 valence electrons. The molecule has 0 aromatic carbocycles. The molecule has 5 heteroatoms. The van der Waals surface area contributed by atoms with Crippen LogP contribution in [0.1, 0.15) is 64.9 Å². The van der Waals surface area contributed by atoms with Crippen molar-refractivity contribution >= 4 is 5.91 Å². The van der Waals surface area contributed by atoms with E-state index in [0.29, 0.717) is 6.04 Å². The lowest BCUT2D eigenvalue weighted by molar-refractivity contribution is 0.0939. The van der Waals surface area contributed by atoms with Gasteiger partial charge >= 0.3 is 0 Å². The van der Waals surface area contributed by atoms with Crippen molar-refractivity contribution < 1.29 is 4.79 Å². The minimum Gasteiger partial charge on any atom is -0.345 e. The fourth-order valence-electron chi connectivity index (χ4n) is 3.19. The molecule has 0 aliphatic heterocycles. The molecule has 2 heterocycles. The number of carbonyl (C=O) groups excluding carboxylic acids is 1. The molecule has 5 nitrogen and oxygen atoms in total. The zero-order chi connectivity index (χ0) is 16.0. The smallest absolute Gasteiger partial charge is 0.253 e. The molecule has 1 saturated carbocycles. The van der Waals surface area contributed by atoms with E-state index in [1.807, 2.05) is 44.8 Å². The molecule has 0 radical (unpaired) electrons.